The molecule has 4 rings (SSSR count). The number of carbonyl (C=O) groups excluding carboxylic acids is 1. The number of aliphatic carboxylic acids is 1. The molecule has 3 aromatic rings. The van der Waals surface area contributed by atoms with Crippen molar-refractivity contribution in [3.05, 3.63) is 99.8 Å². The van der Waals surface area contributed by atoms with Gasteiger partial charge in [0.2, 0.25) is 0 Å². The van der Waals surface area contributed by atoms with Crippen LogP contribution >= 0.6 is 11.6 Å². The van der Waals surface area contributed by atoms with E-state index >= 15 is 0 Å². The second kappa shape index (κ2) is 9.92. The number of nitrogens with zero attached hydrogens (tertiary/aromatic N) is 1. The third-order valence-electron chi connectivity index (χ3n) is 5.41. The quantitative estimate of drug-likeness (QED) is 0.535. The molecule has 1 amide bonds. The van der Waals surface area contributed by atoms with Crippen molar-refractivity contribution in [1.82, 2.24) is 4.90 Å². The number of benzene rings is 3. The third kappa shape index (κ3) is 5.26. The van der Waals surface area contributed by atoms with Crippen molar-refractivity contribution in [3.8, 4) is 5.75 Å². The zero-order valence-corrected chi connectivity index (χ0v) is 18.3. The van der Waals surface area contributed by atoms with Gasteiger partial charge in [-0.15, -0.1) is 0 Å². The van der Waals surface area contributed by atoms with Gasteiger partial charge >= 0.3 is 12.1 Å². The maximum absolute atomic E-state index is 13.2. The lowest BCUT2D eigenvalue weighted by Gasteiger charge is -2.37. The van der Waals surface area contributed by atoms with Crippen LogP contribution in [-0.2, 0) is 22.6 Å². The maximum atomic E-state index is 13.2. The Morgan fingerprint density at radius 3 is 2.58 bits per heavy atom. The van der Waals surface area contributed by atoms with E-state index in [2.05, 4.69) is 0 Å². The molecule has 1 heterocycles. The van der Waals surface area contributed by atoms with Crippen molar-refractivity contribution < 1.29 is 28.6 Å². The zero-order chi connectivity index (χ0) is 23.4. The summed E-state index contributed by atoms with van der Waals surface area (Å²) in [6, 6.07) is 17.7. The Labute approximate surface area is 195 Å². The van der Waals surface area contributed by atoms with Gasteiger partial charge in [-0.05, 0) is 53.4 Å². The number of ether oxygens (including phenoxy) is 2. The van der Waals surface area contributed by atoms with Gasteiger partial charge in [0.15, 0.2) is 6.61 Å². The summed E-state index contributed by atoms with van der Waals surface area (Å²) in [5, 5.41) is 9.49. The standard InChI is InChI=1S/C25H21ClFNO5/c26-18-7-10-22(32-15-23(29)30)21(13-18)24-20-4-2-1-3-17(20)11-12-28(24)25(31)33-14-16-5-8-19(27)9-6-16/h1-10,13,24H,11-12,14-15H2,(H,29,30). The van der Waals surface area contributed by atoms with E-state index in [-0.39, 0.29) is 12.4 Å². The summed E-state index contributed by atoms with van der Waals surface area (Å²) in [6.07, 6.45) is 0.0764. The number of fused-ring (bicyclic) bond motifs is 1. The van der Waals surface area contributed by atoms with Gasteiger partial charge in [0, 0.05) is 17.1 Å². The third-order valence-corrected chi connectivity index (χ3v) is 5.65. The fourth-order valence-electron chi connectivity index (χ4n) is 3.91. The number of hydrogen-bond donors (Lipinski definition) is 1. The van der Waals surface area contributed by atoms with Gasteiger partial charge in [0.1, 0.15) is 18.2 Å². The molecule has 1 unspecified atom stereocenters. The highest BCUT2D eigenvalue weighted by atomic mass is 35.5. The predicted molar refractivity (Wildman–Crippen MR) is 120 cm³/mol. The predicted octanol–water partition coefficient (Wildman–Crippen LogP) is 5.23. The average molecular weight is 470 g/mol. The fourth-order valence-corrected chi connectivity index (χ4v) is 4.09. The Balaban J connectivity index is 1.67. The van der Waals surface area contributed by atoms with Gasteiger partial charge in [0.25, 0.3) is 0 Å². The van der Waals surface area contributed by atoms with Crippen LogP contribution in [0.15, 0.2) is 66.7 Å². The van der Waals surface area contributed by atoms with E-state index < -0.39 is 24.7 Å². The van der Waals surface area contributed by atoms with Crippen LogP contribution in [0.5, 0.6) is 5.75 Å². The van der Waals surface area contributed by atoms with E-state index in [1.165, 1.54) is 12.1 Å². The first-order chi connectivity index (χ1) is 15.9. The number of carbonyl (C=O) groups is 2. The lowest BCUT2D eigenvalue weighted by Crippen LogP contribution is -2.41. The van der Waals surface area contributed by atoms with Crippen molar-refractivity contribution in [3.63, 3.8) is 0 Å². The van der Waals surface area contributed by atoms with E-state index in [4.69, 9.17) is 26.2 Å². The highest BCUT2D eigenvalue weighted by molar-refractivity contribution is 6.30. The second-order valence-electron chi connectivity index (χ2n) is 7.59. The summed E-state index contributed by atoms with van der Waals surface area (Å²) < 4.78 is 24.2. The lowest BCUT2D eigenvalue weighted by molar-refractivity contribution is -0.139. The lowest BCUT2D eigenvalue weighted by atomic mass is 9.88. The SMILES string of the molecule is O=C(O)COc1ccc(Cl)cc1C1c2ccccc2CCN1C(=O)OCc1ccc(F)cc1. The highest BCUT2D eigenvalue weighted by Gasteiger charge is 2.35. The van der Waals surface area contributed by atoms with Crippen LogP contribution in [0.1, 0.15) is 28.3 Å². The summed E-state index contributed by atoms with van der Waals surface area (Å²) in [6.45, 7) is -0.158. The van der Waals surface area contributed by atoms with E-state index in [0.29, 0.717) is 34.9 Å². The Morgan fingerprint density at radius 2 is 1.82 bits per heavy atom. The van der Waals surface area contributed by atoms with Crippen molar-refractivity contribution in [2.45, 2.75) is 19.1 Å². The molecule has 8 heteroatoms. The molecule has 6 nitrogen and oxygen atoms in total. The van der Waals surface area contributed by atoms with Crippen molar-refractivity contribution in [2.75, 3.05) is 13.2 Å². The smallest absolute Gasteiger partial charge is 0.410 e. The summed E-state index contributed by atoms with van der Waals surface area (Å²) in [4.78, 5) is 25.8. The molecule has 1 aliphatic heterocycles. The van der Waals surface area contributed by atoms with Crippen LogP contribution < -0.4 is 4.74 Å². The Hall–Kier alpha value is -3.58. The van der Waals surface area contributed by atoms with Gasteiger partial charge in [-0.3, -0.25) is 4.90 Å². The van der Waals surface area contributed by atoms with Gasteiger partial charge in [-0.1, -0.05) is 48.0 Å². The van der Waals surface area contributed by atoms with Crippen LogP contribution in [0.25, 0.3) is 0 Å². The second-order valence-corrected chi connectivity index (χ2v) is 8.03. The number of rotatable bonds is 6. The summed E-state index contributed by atoms with van der Waals surface area (Å²) >= 11 is 6.27. The number of carboxylic acids is 1. The molecular formula is C25H21ClFNO5. The van der Waals surface area contributed by atoms with Gasteiger partial charge in [-0.2, -0.15) is 0 Å². The molecule has 0 saturated carbocycles. The van der Waals surface area contributed by atoms with Crippen molar-refractivity contribution >= 4 is 23.7 Å². The highest BCUT2D eigenvalue weighted by Crippen LogP contribution is 2.40. The van der Waals surface area contributed by atoms with Crippen LogP contribution in [0.4, 0.5) is 9.18 Å². The molecule has 1 atom stereocenters. The molecule has 0 aliphatic carbocycles. The molecule has 0 saturated heterocycles. The summed E-state index contributed by atoms with van der Waals surface area (Å²) in [5.41, 5.74) is 3.17. The Bertz CT molecular complexity index is 1170. The van der Waals surface area contributed by atoms with Crippen LogP contribution in [0.2, 0.25) is 5.02 Å². The normalized spacial score (nSPS) is 15.0. The molecule has 1 N–H and O–H groups in total. The monoisotopic (exact) mass is 469 g/mol. The van der Waals surface area contributed by atoms with Crippen LogP contribution in [0, 0.1) is 5.82 Å². The number of halogens is 2. The molecule has 170 valence electrons. The Morgan fingerprint density at radius 1 is 1.06 bits per heavy atom. The molecule has 0 fully saturated rings. The average Bonchev–Trinajstić information content (AvgIpc) is 2.82. The molecule has 0 radical (unpaired) electrons. The van der Waals surface area contributed by atoms with Crippen molar-refractivity contribution in [1.29, 1.82) is 0 Å². The van der Waals surface area contributed by atoms with Crippen LogP contribution in [-0.4, -0.2) is 35.2 Å². The largest absolute Gasteiger partial charge is 0.482 e. The minimum atomic E-state index is -1.12. The van der Waals surface area contributed by atoms with Gasteiger partial charge in [-0.25, -0.2) is 14.0 Å². The fraction of sp³-hybridized carbons (Fsp3) is 0.200. The Kier molecular flexibility index (Phi) is 6.79. The minimum absolute atomic E-state index is 0.0120. The first-order valence-corrected chi connectivity index (χ1v) is 10.7. The van der Waals surface area contributed by atoms with E-state index in [1.807, 2.05) is 24.3 Å². The number of carboxylic acid groups (broad SMARTS) is 1. The van der Waals surface area contributed by atoms with Gasteiger partial charge < -0.3 is 14.6 Å². The maximum Gasteiger partial charge on any atom is 0.410 e. The number of hydrogen-bond acceptors (Lipinski definition) is 4. The molecule has 3 aromatic carbocycles. The molecule has 0 bridgehead atoms. The first kappa shape index (κ1) is 22.6. The number of amides is 1. The van der Waals surface area contributed by atoms with E-state index in [9.17, 15) is 14.0 Å². The topological polar surface area (TPSA) is 76.1 Å². The molecule has 0 aromatic heterocycles. The summed E-state index contributed by atoms with van der Waals surface area (Å²) in [7, 11) is 0. The molecular weight excluding hydrogens is 449 g/mol. The van der Waals surface area contributed by atoms with Gasteiger partial charge in [0.05, 0.1) is 6.04 Å². The molecule has 0 spiro atoms. The van der Waals surface area contributed by atoms with Crippen molar-refractivity contribution in [2.24, 2.45) is 0 Å². The minimum Gasteiger partial charge on any atom is -0.482 e. The van der Waals surface area contributed by atoms with Crippen LogP contribution in [0.3, 0.4) is 0 Å². The summed E-state index contributed by atoms with van der Waals surface area (Å²) in [5.74, 6) is -1.16. The van der Waals surface area contributed by atoms with E-state index in [1.54, 1.807) is 35.2 Å². The molecule has 1 aliphatic rings. The molecule has 33 heavy (non-hydrogen) atoms. The zero-order valence-electron chi connectivity index (χ0n) is 17.5. The first-order valence-electron chi connectivity index (χ1n) is 10.3. The van der Waals surface area contributed by atoms with E-state index in [0.717, 1.165) is 11.1 Å².